The highest BCUT2D eigenvalue weighted by atomic mass is 35.5. The van der Waals surface area contributed by atoms with Gasteiger partial charge in [0, 0.05) is 65.3 Å². The Labute approximate surface area is 430 Å². The molecular formula is C49H77ClN16O6. The van der Waals surface area contributed by atoms with E-state index in [0.717, 1.165) is 24.8 Å². The maximum Gasteiger partial charge on any atom is 0.247 e. The molecule has 1 unspecified atom stereocenters. The van der Waals surface area contributed by atoms with Crippen molar-refractivity contribution in [2.45, 2.75) is 91.4 Å². The number of aromatic nitrogens is 9. The summed E-state index contributed by atoms with van der Waals surface area (Å²) in [5.41, 5.74) is 15.2. The number of benzene rings is 1. The molecule has 396 valence electrons. The third-order valence-electron chi connectivity index (χ3n) is 13.3. The predicted octanol–water partition coefficient (Wildman–Crippen LogP) is 3.44. The molecule has 0 aliphatic carbocycles. The largest absolute Gasteiger partial charge is 0.508 e. The van der Waals surface area contributed by atoms with Crippen molar-refractivity contribution in [2.24, 2.45) is 29.2 Å². The number of amides is 2. The first-order valence-corrected chi connectivity index (χ1v) is 25.2. The van der Waals surface area contributed by atoms with Crippen LogP contribution in [0.5, 0.6) is 5.75 Å². The number of hydrogen-bond acceptors (Lipinski definition) is 18. The number of phenolic OH excluding ortho intramolecular Hbond substituents is 1. The summed E-state index contributed by atoms with van der Waals surface area (Å²) >= 11 is 0. The molecule has 0 bridgehead atoms. The van der Waals surface area contributed by atoms with Crippen molar-refractivity contribution >= 4 is 42.1 Å². The summed E-state index contributed by atoms with van der Waals surface area (Å²) in [7, 11) is 0. The molecule has 2 aliphatic heterocycles. The van der Waals surface area contributed by atoms with Crippen LogP contribution in [0.25, 0.3) is 0 Å². The molecule has 4 aromatic rings. The molecule has 0 radical (unpaired) electrons. The average Bonchev–Trinajstić information content (AvgIpc) is 4.08. The summed E-state index contributed by atoms with van der Waals surface area (Å²) in [6.45, 7) is 18.9. The minimum absolute atomic E-state index is 0. The number of carbonyl (C=O) groups is 2. The number of piperazine rings is 2. The highest BCUT2D eigenvalue weighted by Crippen LogP contribution is 2.28. The van der Waals surface area contributed by atoms with Gasteiger partial charge in [0.1, 0.15) is 24.4 Å². The number of terminal acetylenes is 1. The van der Waals surface area contributed by atoms with Gasteiger partial charge in [0.15, 0.2) is 0 Å². The van der Waals surface area contributed by atoms with Crippen LogP contribution in [-0.2, 0) is 30.2 Å². The van der Waals surface area contributed by atoms with Gasteiger partial charge in [-0.2, -0.15) is 15.0 Å². The minimum atomic E-state index is -0.689. The van der Waals surface area contributed by atoms with E-state index < -0.39 is 12.1 Å². The molecule has 6 rings (SSSR count). The molecule has 6 N–H and O–H groups in total. The molecule has 6 atom stereocenters. The van der Waals surface area contributed by atoms with E-state index in [1.165, 1.54) is 0 Å². The zero-order valence-electron chi connectivity index (χ0n) is 42.9. The first-order valence-electron chi connectivity index (χ1n) is 25.2. The lowest BCUT2D eigenvalue weighted by Crippen LogP contribution is -2.52. The summed E-state index contributed by atoms with van der Waals surface area (Å²) in [6.07, 6.45) is 11.6. The van der Waals surface area contributed by atoms with E-state index in [9.17, 15) is 14.7 Å². The molecular weight excluding hydrogens is 944 g/mol. The van der Waals surface area contributed by atoms with E-state index in [-0.39, 0.29) is 60.5 Å². The van der Waals surface area contributed by atoms with Gasteiger partial charge in [-0.1, -0.05) is 82.9 Å². The standard InChI is InChI=1S/C49H76N16O6.ClH/c1-8-24-69-26-28-71-29-27-70-25-15-52-47-53-48(55-49(54-47)63-22-18-61(19-23-63)46(68)44(36(7)10-3)65-32-40(56-59-65)39(50)30-34(4)5)62-20-16-60(17-21-62)45(67)42(31-37-11-13-38(66)14-12-37)64-33-41(57-58-64)43(51)35(6)9-2;/h1,11-14,32-36,39,42-44,66H,9-10,15-31,50-51H2,2-7H3,(H,52,53,54,55);1H/t35?,36-,39-,42-,43-,44-;/m0./s1. The number of nitrogens with one attached hydrogen (secondary N) is 1. The van der Waals surface area contributed by atoms with E-state index in [4.69, 9.17) is 47.1 Å². The van der Waals surface area contributed by atoms with E-state index in [2.05, 4.69) is 83.2 Å². The van der Waals surface area contributed by atoms with Gasteiger partial charge in [-0.25, -0.2) is 9.36 Å². The van der Waals surface area contributed by atoms with E-state index in [1.54, 1.807) is 27.7 Å². The minimum Gasteiger partial charge on any atom is -0.508 e. The van der Waals surface area contributed by atoms with Crippen LogP contribution in [0.2, 0.25) is 0 Å². The van der Waals surface area contributed by atoms with Crippen molar-refractivity contribution < 1.29 is 28.9 Å². The van der Waals surface area contributed by atoms with E-state index in [0.29, 0.717) is 134 Å². The maximum atomic E-state index is 14.5. The highest BCUT2D eigenvalue weighted by Gasteiger charge is 2.35. The van der Waals surface area contributed by atoms with Crippen molar-refractivity contribution in [1.29, 1.82) is 0 Å². The van der Waals surface area contributed by atoms with E-state index in [1.807, 2.05) is 28.1 Å². The van der Waals surface area contributed by atoms with Gasteiger partial charge in [0.2, 0.25) is 29.7 Å². The van der Waals surface area contributed by atoms with Gasteiger partial charge in [-0.05, 0) is 41.9 Å². The Kier molecular flexibility index (Phi) is 22.7. The Balaban J connectivity index is 0.00000963. The lowest BCUT2D eigenvalue weighted by molar-refractivity contribution is -0.137. The number of aromatic hydroxyl groups is 1. The smallest absolute Gasteiger partial charge is 0.247 e. The second-order valence-electron chi connectivity index (χ2n) is 18.9. The Hall–Kier alpha value is -5.70. The number of nitrogens with two attached hydrogens (primary N) is 2. The third-order valence-corrected chi connectivity index (χ3v) is 13.3. The number of halogens is 1. The van der Waals surface area contributed by atoms with Crippen molar-refractivity contribution in [3.63, 3.8) is 0 Å². The maximum absolute atomic E-state index is 14.5. The fraction of sp³-hybridized carbons (Fsp3) is 0.653. The Bertz CT molecular complexity index is 2300. The van der Waals surface area contributed by atoms with Crippen LogP contribution in [0.4, 0.5) is 17.8 Å². The summed E-state index contributed by atoms with van der Waals surface area (Å²) in [5.74, 6) is 4.40. The molecule has 23 heteroatoms. The lowest BCUT2D eigenvalue weighted by Gasteiger charge is -2.38. The molecule has 0 saturated carbocycles. The molecule has 0 spiro atoms. The molecule has 72 heavy (non-hydrogen) atoms. The number of ether oxygens (including phenoxy) is 3. The first-order chi connectivity index (χ1) is 34.3. The Morgan fingerprint density at radius 2 is 1.28 bits per heavy atom. The molecule has 1 aromatic carbocycles. The quantitative estimate of drug-likeness (QED) is 0.0493. The van der Waals surface area contributed by atoms with Gasteiger partial charge in [-0.15, -0.1) is 29.0 Å². The number of nitrogens with zero attached hydrogens (tertiary/aromatic N) is 13. The molecule has 5 heterocycles. The molecule has 2 saturated heterocycles. The van der Waals surface area contributed by atoms with Crippen molar-refractivity contribution in [1.82, 2.24) is 54.7 Å². The number of carbonyl (C=O) groups excluding carboxylic acids is 2. The first kappa shape index (κ1) is 57.2. The Morgan fingerprint density at radius 3 is 1.86 bits per heavy atom. The fourth-order valence-electron chi connectivity index (χ4n) is 8.53. The van der Waals surface area contributed by atoms with Crippen LogP contribution in [0.15, 0.2) is 36.7 Å². The van der Waals surface area contributed by atoms with Crippen LogP contribution in [-0.4, -0.2) is 170 Å². The Morgan fingerprint density at radius 1 is 0.736 bits per heavy atom. The SMILES string of the molecule is C#CCOCCOCCOCCNc1nc(N2CCN(C(=O)[C@H]([C@@H](C)CC)n3cc([C@@H](N)CC(C)C)nn3)CC2)nc(N2CCN(C(=O)[C@H](Cc3ccc(O)cc3)n3cc([C@@H](N)C(C)CC)nn3)CC2)n1.Cl. The van der Waals surface area contributed by atoms with E-state index >= 15 is 0 Å². The van der Waals surface area contributed by atoms with Crippen molar-refractivity contribution in [3.05, 3.63) is 53.6 Å². The highest BCUT2D eigenvalue weighted by molar-refractivity contribution is 5.85. The van der Waals surface area contributed by atoms with Crippen molar-refractivity contribution in [3.8, 4) is 18.1 Å². The summed E-state index contributed by atoms with van der Waals surface area (Å²) < 4.78 is 19.9. The zero-order chi connectivity index (χ0) is 50.9. The number of phenols is 1. The molecule has 2 aliphatic rings. The summed E-state index contributed by atoms with van der Waals surface area (Å²) in [4.78, 5) is 51.4. The number of rotatable bonds is 27. The van der Waals surface area contributed by atoms with Gasteiger partial charge >= 0.3 is 0 Å². The third kappa shape index (κ3) is 15.9. The van der Waals surface area contributed by atoms with Crippen molar-refractivity contribution in [2.75, 3.05) is 114 Å². The monoisotopic (exact) mass is 1020 g/mol. The second-order valence-corrected chi connectivity index (χ2v) is 18.9. The number of anilines is 3. The fourth-order valence-corrected chi connectivity index (χ4v) is 8.53. The molecule has 2 amide bonds. The number of hydrogen-bond donors (Lipinski definition) is 4. The lowest BCUT2D eigenvalue weighted by atomic mass is 9.97. The van der Waals surface area contributed by atoms with Crippen LogP contribution in [0, 0.1) is 30.1 Å². The summed E-state index contributed by atoms with van der Waals surface area (Å²) in [5, 5.41) is 30.9. The van der Waals surface area contributed by atoms with Gasteiger partial charge in [0.25, 0.3) is 0 Å². The average molecular weight is 1020 g/mol. The van der Waals surface area contributed by atoms with Crippen LogP contribution in [0.1, 0.15) is 102 Å². The van der Waals surface area contributed by atoms with Crippen LogP contribution < -0.4 is 26.6 Å². The van der Waals surface area contributed by atoms with Gasteiger partial charge < -0.3 is 55.7 Å². The van der Waals surface area contributed by atoms with Crippen LogP contribution in [0.3, 0.4) is 0 Å². The topological polar surface area (TPSA) is 259 Å². The molecule has 3 aromatic heterocycles. The van der Waals surface area contributed by atoms with Gasteiger partial charge in [0.05, 0.1) is 68.9 Å². The zero-order valence-corrected chi connectivity index (χ0v) is 43.7. The second kappa shape index (κ2) is 28.5. The van der Waals surface area contributed by atoms with Gasteiger partial charge in [-0.3, -0.25) is 9.59 Å². The molecule has 2 fully saturated rings. The normalized spacial score (nSPS) is 16.7. The summed E-state index contributed by atoms with van der Waals surface area (Å²) in [6, 6.07) is 5.06. The molecule has 22 nitrogen and oxygen atoms in total. The van der Waals surface area contributed by atoms with Crippen LogP contribution >= 0.6 is 12.4 Å². The predicted molar refractivity (Wildman–Crippen MR) is 277 cm³/mol.